The van der Waals surface area contributed by atoms with Crippen LogP contribution in [0.25, 0.3) is 11.0 Å². The fourth-order valence-corrected chi connectivity index (χ4v) is 2.64. The van der Waals surface area contributed by atoms with Crippen LogP contribution in [0.2, 0.25) is 5.02 Å². The van der Waals surface area contributed by atoms with Gasteiger partial charge < -0.3 is 9.55 Å². The van der Waals surface area contributed by atoms with E-state index in [0.717, 1.165) is 11.6 Å². The van der Waals surface area contributed by atoms with Gasteiger partial charge in [0.15, 0.2) is 16.4 Å². The highest BCUT2D eigenvalue weighted by Crippen LogP contribution is 2.22. The first-order chi connectivity index (χ1) is 9.56. The molecule has 0 atom stereocenters. The number of rotatable bonds is 2. The Labute approximate surface area is 123 Å². The first-order valence-electron chi connectivity index (χ1n) is 5.87. The van der Waals surface area contributed by atoms with Crippen LogP contribution in [0.1, 0.15) is 5.56 Å². The molecular formula is C14H9ClF2N2S. The minimum atomic E-state index is -0.906. The molecule has 2 nitrogen and oxygen atoms in total. The third kappa shape index (κ3) is 2.23. The van der Waals surface area contributed by atoms with E-state index >= 15 is 0 Å². The maximum Gasteiger partial charge on any atom is 0.184 e. The largest absolute Gasteiger partial charge is 0.330 e. The van der Waals surface area contributed by atoms with E-state index in [1.165, 1.54) is 10.6 Å². The number of aromatic amines is 1. The predicted octanol–water partition coefficient (Wildman–Crippen LogP) is 4.68. The maximum atomic E-state index is 14.0. The fraction of sp³-hybridized carbons (Fsp3) is 0.0714. The van der Waals surface area contributed by atoms with Crippen LogP contribution >= 0.6 is 23.8 Å². The van der Waals surface area contributed by atoms with Crippen LogP contribution in [-0.4, -0.2) is 9.55 Å². The second-order valence-electron chi connectivity index (χ2n) is 4.40. The fourth-order valence-electron chi connectivity index (χ4n) is 2.16. The van der Waals surface area contributed by atoms with Crippen LogP contribution < -0.4 is 0 Å². The van der Waals surface area contributed by atoms with Gasteiger partial charge in [0.25, 0.3) is 0 Å². The monoisotopic (exact) mass is 310 g/mol. The quantitative estimate of drug-likeness (QED) is 0.682. The van der Waals surface area contributed by atoms with Crippen molar-refractivity contribution >= 4 is 34.9 Å². The molecule has 3 aromatic rings. The average Bonchev–Trinajstić information content (AvgIpc) is 2.72. The molecule has 1 N–H and O–H groups in total. The smallest absolute Gasteiger partial charge is 0.184 e. The summed E-state index contributed by atoms with van der Waals surface area (Å²) in [5, 5.41) is 0.584. The zero-order valence-corrected chi connectivity index (χ0v) is 11.7. The molecule has 0 aliphatic heterocycles. The predicted molar refractivity (Wildman–Crippen MR) is 77.6 cm³/mol. The first-order valence-corrected chi connectivity index (χ1v) is 6.66. The molecule has 6 heteroatoms. The molecule has 2 aromatic carbocycles. The lowest BCUT2D eigenvalue weighted by Gasteiger charge is -2.06. The average molecular weight is 311 g/mol. The molecule has 0 bridgehead atoms. The van der Waals surface area contributed by atoms with Gasteiger partial charge in [-0.05, 0) is 42.0 Å². The minimum Gasteiger partial charge on any atom is -0.330 e. The highest BCUT2D eigenvalue weighted by atomic mass is 35.5. The van der Waals surface area contributed by atoms with Crippen molar-refractivity contribution in [1.29, 1.82) is 0 Å². The van der Waals surface area contributed by atoms with Gasteiger partial charge in [0.1, 0.15) is 5.52 Å². The lowest BCUT2D eigenvalue weighted by atomic mass is 10.2. The van der Waals surface area contributed by atoms with Gasteiger partial charge in [-0.2, -0.15) is 0 Å². The molecule has 0 saturated heterocycles. The zero-order chi connectivity index (χ0) is 14.3. The third-order valence-corrected chi connectivity index (χ3v) is 3.61. The number of fused-ring (bicyclic) bond motifs is 1. The second-order valence-corrected chi connectivity index (χ2v) is 5.23. The van der Waals surface area contributed by atoms with Crippen molar-refractivity contribution in [2.75, 3.05) is 0 Å². The van der Waals surface area contributed by atoms with Crippen LogP contribution in [0.3, 0.4) is 0 Å². The number of nitrogens with one attached hydrogen (secondary N) is 1. The van der Waals surface area contributed by atoms with Crippen molar-refractivity contribution in [3.63, 3.8) is 0 Å². The van der Waals surface area contributed by atoms with Gasteiger partial charge in [-0.15, -0.1) is 0 Å². The standard InChI is InChI=1S/C14H9ClF2N2S/c15-9-3-1-2-8(6-9)7-19-13-11(18-14(19)20)5-4-10(16)12(13)17/h1-6H,7H2,(H,18,20). The number of aromatic nitrogens is 2. The number of hydrogen-bond donors (Lipinski definition) is 1. The summed E-state index contributed by atoms with van der Waals surface area (Å²) >= 11 is 11.1. The zero-order valence-electron chi connectivity index (χ0n) is 10.2. The van der Waals surface area contributed by atoms with Gasteiger partial charge in [-0.3, -0.25) is 0 Å². The van der Waals surface area contributed by atoms with Crippen molar-refractivity contribution in [2.24, 2.45) is 0 Å². The van der Waals surface area contributed by atoms with Crippen LogP contribution in [-0.2, 0) is 6.54 Å². The Balaban J connectivity index is 2.18. The second kappa shape index (κ2) is 5.00. The molecule has 0 aliphatic rings. The van der Waals surface area contributed by atoms with Crippen molar-refractivity contribution in [1.82, 2.24) is 9.55 Å². The molecule has 3 rings (SSSR count). The van der Waals surface area contributed by atoms with E-state index in [9.17, 15) is 8.78 Å². The van der Waals surface area contributed by atoms with E-state index in [4.69, 9.17) is 23.8 Å². The number of benzene rings is 2. The van der Waals surface area contributed by atoms with Gasteiger partial charge in [-0.25, -0.2) is 8.78 Å². The summed E-state index contributed by atoms with van der Waals surface area (Å²) in [5.74, 6) is -1.80. The van der Waals surface area contributed by atoms with Gasteiger partial charge in [0, 0.05) is 5.02 Å². The molecule has 0 fully saturated rings. The summed E-state index contributed by atoms with van der Waals surface area (Å²) in [6.07, 6.45) is 0. The van der Waals surface area contributed by atoms with E-state index < -0.39 is 11.6 Å². The summed E-state index contributed by atoms with van der Waals surface area (Å²) in [6.45, 7) is 0.319. The van der Waals surface area contributed by atoms with Crippen LogP contribution in [0.5, 0.6) is 0 Å². The van der Waals surface area contributed by atoms with Crippen LogP contribution in [0.4, 0.5) is 8.78 Å². The lowest BCUT2D eigenvalue weighted by molar-refractivity contribution is 0.512. The number of nitrogens with zero attached hydrogens (tertiary/aromatic N) is 1. The summed E-state index contributed by atoms with van der Waals surface area (Å²) < 4.78 is 29.2. The normalized spacial score (nSPS) is 11.2. The summed E-state index contributed by atoms with van der Waals surface area (Å²) in [5.41, 5.74) is 1.46. The number of H-pyrrole nitrogens is 1. The Kier molecular flexibility index (Phi) is 3.31. The Morgan fingerprint density at radius 3 is 2.75 bits per heavy atom. The van der Waals surface area contributed by atoms with E-state index in [-0.39, 0.29) is 5.52 Å². The van der Waals surface area contributed by atoms with E-state index in [0.29, 0.717) is 21.9 Å². The molecule has 0 aliphatic carbocycles. The lowest BCUT2D eigenvalue weighted by Crippen LogP contribution is -2.01. The topological polar surface area (TPSA) is 20.7 Å². The highest BCUT2D eigenvalue weighted by Gasteiger charge is 2.13. The Morgan fingerprint density at radius 2 is 2.00 bits per heavy atom. The molecule has 20 heavy (non-hydrogen) atoms. The van der Waals surface area contributed by atoms with Crippen molar-refractivity contribution in [3.05, 3.63) is 63.4 Å². The maximum absolute atomic E-state index is 14.0. The SMILES string of the molecule is Fc1ccc2[nH]c(=S)n(Cc3cccc(Cl)c3)c2c1F. The van der Waals surface area contributed by atoms with Crippen molar-refractivity contribution < 1.29 is 8.78 Å². The number of halogens is 3. The van der Waals surface area contributed by atoms with E-state index in [1.54, 1.807) is 18.2 Å². The Hall–Kier alpha value is -1.72. The number of imidazole rings is 1. The van der Waals surface area contributed by atoms with E-state index in [1.807, 2.05) is 6.07 Å². The van der Waals surface area contributed by atoms with Gasteiger partial charge in [0.05, 0.1) is 12.1 Å². The van der Waals surface area contributed by atoms with Crippen molar-refractivity contribution in [3.8, 4) is 0 Å². The number of hydrogen-bond acceptors (Lipinski definition) is 1. The molecule has 0 saturated carbocycles. The molecule has 1 heterocycles. The molecule has 0 spiro atoms. The summed E-state index contributed by atoms with van der Waals surface area (Å²) in [7, 11) is 0. The molecule has 0 amide bonds. The molecule has 102 valence electrons. The van der Waals surface area contributed by atoms with Gasteiger partial charge in [0.2, 0.25) is 0 Å². The first kappa shape index (κ1) is 13.3. The van der Waals surface area contributed by atoms with Crippen LogP contribution in [0.15, 0.2) is 36.4 Å². The van der Waals surface area contributed by atoms with Crippen LogP contribution in [0, 0.1) is 16.4 Å². The van der Waals surface area contributed by atoms with Gasteiger partial charge >= 0.3 is 0 Å². The summed E-state index contributed by atoms with van der Waals surface area (Å²) in [4.78, 5) is 2.87. The minimum absolute atomic E-state index is 0.134. The molecule has 0 unspecified atom stereocenters. The molecule has 1 aromatic heterocycles. The molecular weight excluding hydrogens is 302 g/mol. The van der Waals surface area contributed by atoms with Gasteiger partial charge in [-0.1, -0.05) is 23.7 Å². The summed E-state index contributed by atoms with van der Waals surface area (Å²) in [6, 6.07) is 9.71. The molecule has 0 radical (unpaired) electrons. The van der Waals surface area contributed by atoms with E-state index in [2.05, 4.69) is 4.98 Å². The Bertz CT molecular complexity index is 854. The highest BCUT2D eigenvalue weighted by molar-refractivity contribution is 7.71. The van der Waals surface area contributed by atoms with Crippen molar-refractivity contribution in [2.45, 2.75) is 6.54 Å². The third-order valence-electron chi connectivity index (χ3n) is 3.06. The Morgan fingerprint density at radius 1 is 1.20 bits per heavy atom.